The van der Waals surface area contributed by atoms with E-state index in [1.165, 1.54) is 29.7 Å². The van der Waals surface area contributed by atoms with Crippen LogP contribution < -0.4 is 0 Å². The fourth-order valence-corrected chi connectivity index (χ4v) is 1.33. The summed E-state index contributed by atoms with van der Waals surface area (Å²) in [6, 6.07) is 0. The Labute approximate surface area is 82.9 Å². The number of aromatic amines is 1. The number of hydrogen-bond acceptors (Lipinski definition) is 7. The van der Waals surface area contributed by atoms with Gasteiger partial charge in [-0.15, -0.1) is 10.2 Å². The molecule has 1 aliphatic rings. The summed E-state index contributed by atoms with van der Waals surface area (Å²) < 4.78 is 1.50. The summed E-state index contributed by atoms with van der Waals surface area (Å²) in [6.45, 7) is 0. The Morgan fingerprint density at radius 2 is 2.40 bits per heavy atom. The number of hydrogen-bond donors (Lipinski definition) is 1. The van der Waals surface area contributed by atoms with E-state index in [-0.39, 0.29) is 0 Å². The monoisotopic (exact) mass is 203 g/mol. The Kier molecular flexibility index (Phi) is 1.46. The lowest BCUT2D eigenvalue weighted by atomic mass is 10.1. The second-order valence-corrected chi connectivity index (χ2v) is 2.86. The fourth-order valence-electron chi connectivity index (χ4n) is 1.33. The molecule has 9 nitrogen and oxygen atoms in total. The van der Waals surface area contributed by atoms with Crippen LogP contribution in [-0.4, -0.2) is 36.4 Å². The van der Waals surface area contributed by atoms with Crippen LogP contribution in [0.4, 0.5) is 0 Å². The van der Waals surface area contributed by atoms with Crippen LogP contribution in [0.25, 0.3) is 0 Å². The third-order valence-corrected chi connectivity index (χ3v) is 2.05. The average molecular weight is 203 g/mol. The van der Waals surface area contributed by atoms with Gasteiger partial charge in [0.15, 0.2) is 0 Å². The molecule has 0 bridgehead atoms. The van der Waals surface area contributed by atoms with Crippen molar-refractivity contribution in [3.05, 3.63) is 24.5 Å². The summed E-state index contributed by atoms with van der Waals surface area (Å²) in [5.41, 5.74) is -0.401. The van der Waals surface area contributed by atoms with Gasteiger partial charge in [0.1, 0.15) is 18.3 Å². The minimum atomic E-state index is -0.955. The van der Waals surface area contributed by atoms with Gasteiger partial charge in [0.05, 0.1) is 12.4 Å². The van der Waals surface area contributed by atoms with Gasteiger partial charge in [-0.05, 0) is 5.22 Å². The number of H-pyrrole nitrogens is 1. The van der Waals surface area contributed by atoms with Gasteiger partial charge in [-0.3, -0.25) is 0 Å². The molecule has 1 atom stereocenters. The molecule has 3 rings (SSSR count). The van der Waals surface area contributed by atoms with E-state index in [1.807, 2.05) is 0 Å². The lowest BCUT2D eigenvalue weighted by molar-refractivity contribution is 0.440. The molecule has 2 aromatic heterocycles. The van der Waals surface area contributed by atoms with Crippen molar-refractivity contribution in [2.75, 3.05) is 0 Å². The first kappa shape index (κ1) is 7.91. The third-order valence-electron chi connectivity index (χ3n) is 2.05. The van der Waals surface area contributed by atoms with Gasteiger partial charge in [0.25, 0.3) is 5.66 Å². The van der Waals surface area contributed by atoms with Gasteiger partial charge in [0.2, 0.25) is 0 Å². The Bertz CT molecular complexity index is 444. The second-order valence-electron chi connectivity index (χ2n) is 2.86. The van der Waals surface area contributed by atoms with Crippen molar-refractivity contribution in [1.29, 1.82) is 0 Å². The lowest BCUT2D eigenvalue weighted by Crippen LogP contribution is -2.34. The van der Waals surface area contributed by atoms with Crippen molar-refractivity contribution < 1.29 is 0 Å². The molecule has 1 aliphatic heterocycles. The smallest absolute Gasteiger partial charge is 0.223 e. The van der Waals surface area contributed by atoms with Crippen LogP contribution >= 0.6 is 0 Å². The molecule has 1 N–H and O–H groups in total. The maximum Gasteiger partial charge on any atom is 0.258 e. The quantitative estimate of drug-likeness (QED) is 0.712. The van der Waals surface area contributed by atoms with Crippen LogP contribution in [0.3, 0.4) is 0 Å². The number of nitrogens with zero attached hydrogens (tertiary/aromatic N) is 8. The van der Waals surface area contributed by atoms with Crippen molar-refractivity contribution in [3.63, 3.8) is 0 Å². The first-order chi connectivity index (χ1) is 7.42. The largest absolute Gasteiger partial charge is 0.258 e. The van der Waals surface area contributed by atoms with E-state index in [4.69, 9.17) is 0 Å². The van der Waals surface area contributed by atoms with Gasteiger partial charge in [-0.2, -0.15) is 20.5 Å². The van der Waals surface area contributed by atoms with Crippen LogP contribution in [0, 0.1) is 0 Å². The highest BCUT2D eigenvalue weighted by Gasteiger charge is 2.39. The molecule has 0 aromatic carbocycles. The predicted octanol–water partition coefficient (Wildman–Crippen LogP) is -0.451. The van der Waals surface area contributed by atoms with Crippen molar-refractivity contribution in [1.82, 2.24) is 30.2 Å². The number of aromatic nitrogens is 6. The standard InChI is InChI=1S/C6H5N9/c1-5(11-13-8-1)6(2-9-14-12-6)15-4-7-3-10-15/h1-4H,(H,8,11,13). The highest BCUT2D eigenvalue weighted by atomic mass is 15.5. The molecule has 74 valence electrons. The summed E-state index contributed by atoms with van der Waals surface area (Å²) in [4.78, 5) is 3.85. The van der Waals surface area contributed by atoms with Crippen LogP contribution in [0.5, 0.6) is 0 Å². The summed E-state index contributed by atoms with van der Waals surface area (Å²) >= 11 is 0. The van der Waals surface area contributed by atoms with Gasteiger partial charge < -0.3 is 0 Å². The van der Waals surface area contributed by atoms with E-state index < -0.39 is 5.66 Å². The van der Waals surface area contributed by atoms with Crippen LogP contribution in [0.15, 0.2) is 34.3 Å². The highest BCUT2D eigenvalue weighted by molar-refractivity contribution is 5.72. The van der Waals surface area contributed by atoms with Crippen molar-refractivity contribution in [3.8, 4) is 0 Å². The van der Waals surface area contributed by atoms with E-state index in [1.54, 1.807) is 0 Å². The molecule has 2 aromatic rings. The zero-order valence-corrected chi connectivity index (χ0v) is 7.39. The molecule has 0 radical (unpaired) electrons. The van der Waals surface area contributed by atoms with Crippen LogP contribution in [0.1, 0.15) is 5.69 Å². The topological polar surface area (TPSA) is 109 Å². The first-order valence-electron chi connectivity index (χ1n) is 4.09. The summed E-state index contributed by atoms with van der Waals surface area (Å²) in [5.74, 6) is 0. The molecule has 0 saturated carbocycles. The summed E-state index contributed by atoms with van der Waals surface area (Å²) in [6.07, 6.45) is 5.99. The van der Waals surface area contributed by atoms with Crippen LogP contribution in [-0.2, 0) is 5.66 Å². The van der Waals surface area contributed by atoms with Crippen molar-refractivity contribution >= 4 is 6.21 Å². The minimum Gasteiger partial charge on any atom is -0.223 e. The van der Waals surface area contributed by atoms with Gasteiger partial charge >= 0.3 is 0 Å². The van der Waals surface area contributed by atoms with Crippen LogP contribution in [0.2, 0.25) is 0 Å². The maximum atomic E-state index is 4.01. The lowest BCUT2D eigenvalue weighted by Gasteiger charge is -2.17. The van der Waals surface area contributed by atoms with E-state index in [0.29, 0.717) is 5.69 Å². The molecule has 0 amide bonds. The Hall–Kier alpha value is -2.45. The van der Waals surface area contributed by atoms with Gasteiger partial charge in [0, 0.05) is 0 Å². The Morgan fingerprint density at radius 3 is 3.00 bits per heavy atom. The molecule has 3 heterocycles. The second kappa shape index (κ2) is 2.77. The Balaban J connectivity index is 2.20. The molecular weight excluding hydrogens is 198 g/mol. The Morgan fingerprint density at radius 1 is 1.40 bits per heavy atom. The molecule has 1 unspecified atom stereocenters. The molecule has 0 fully saturated rings. The third kappa shape index (κ3) is 0.994. The molecule has 0 aliphatic carbocycles. The summed E-state index contributed by atoms with van der Waals surface area (Å²) in [7, 11) is 0. The highest BCUT2D eigenvalue weighted by Crippen LogP contribution is 2.26. The predicted molar refractivity (Wildman–Crippen MR) is 46.8 cm³/mol. The minimum absolute atomic E-state index is 0.554. The fraction of sp³-hybridized carbons (Fsp3) is 0.167. The zero-order valence-electron chi connectivity index (χ0n) is 7.39. The number of rotatable bonds is 2. The SMILES string of the molecule is C1=NN=NC1(c1cn[nH]n1)n1cncn1. The molecule has 0 spiro atoms. The van der Waals surface area contributed by atoms with E-state index >= 15 is 0 Å². The van der Waals surface area contributed by atoms with E-state index in [0.717, 1.165) is 0 Å². The van der Waals surface area contributed by atoms with E-state index in [9.17, 15) is 0 Å². The normalized spacial score (nSPS) is 23.7. The first-order valence-corrected chi connectivity index (χ1v) is 4.09. The zero-order chi connectivity index (χ0) is 10.1. The van der Waals surface area contributed by atoms with Crippen molar-refractivity contribution in [2.24, 2.45) is 15.4 Å². The molecule has 9 heteroatoms. The van der Waals surface area contributed by atoms with E-state index in [2.05, 4.69) is 40.9 Å². The van der Waals surface area contributed by atoms with Crippen molar-refractivity contribution in [2.45, 2.75) is 5.66 Å². The average Bonchev–Trinajstić information content (AvgIpc) is 3.02. The molecule has 15 heavy (non-hydrogen) atoms. The number of nitrogens with one attached hydrogen (secondary N) is 1. The van der Waals surface area contributed by atoms with Gasteiger partial charge in [-0.1, -0.05) is 0 Å². The summed E-state index contributed by atoms with van der Waals surface area (Å²) in [5, 5.41) is 25.5. The maximum absolute atomic E-state index is 4.01. The van der Waals surface area contributed by atoms with Gasteiger partial charge in [-0.25, -0.2) is 9.67 Å². The molecule has 0 saturated heterocycles. The molecular formula is C6H5N9.